The van der Waals surface area contributed by atoms with Crippen LogP contribution in [0.3, 0.4) is 0 Å². The zero-order valence-corrected chi connectivity index (χ0v) is 18.3. The van der Waals surface area contributed by atoms with Crippen molar-refractivity contribution in [1.29, 1.82) is 0 Å². The van der Waals surface area contributed by atoms with Crippen molar-refractivity contribution in [1.82, 2.24) is 10.6 Å². The van der Waals surface area contributed by atoms with Gasteiger partial charge in [-0.05, 0) is 44.7 Å². The topological polar surface area (TPSA) is 65.9 Å². The maximum Gasteiger partial charge on any atom is 0.191 e. The Morgan fingerprint density at radius 2 is 1.96 bits per heavy atom. The van der Waals surface area contributed by atoms with Gasteiger partial charge in [0.25, 0.3) is 0 Å². The Labute approximate surface area is 173 Å². The molecule has 26 heavy (non-hydrogen) atoms. The summed E-state index contributed by atoms with van der Waals surface area (Å²) in [4.78, 5) is 4.60. The van der Waals surface area contributed by atoms with E-state index in [1.54, 1.807) is 18.2 Å². The monoisotopic (exact) mass is 481 g/mol. The van der Waals surface area contributed by atoms with E-state index in [-0.39, 0.29) is 48.3 Å². The number of aliphatic hydroxyl groups excluding tert-OH is 1. The van der Waals surface area contributed by atoms with E-state index in [2.05, 4.69) is 22.5 Å². The van der Waals surface area contributed by atoms with Crippen LogP contribution in [-0.2, 0) is 0 Å². The van der Waals surface area contributed by atoms with Crippen molar-refractivity contribution in [3.05, 3.63) is 30.1 Å². The van der Waals surface area contributed by atoms with Gasteiger partial charge in [-0.3, -0.25) is 4.99 Å². The first kappa shape index (κ1) is 24.9. The average Bonchev–Trinajstić information content (AvgIpc) is 2.59. The van der Waals surface area contributed by atoms with Crippen LogP contribution in [0.4, 0.5) is 4.39 Å². The standard InChI is InChI=1S/C19H32FN3O2.HI/c1-4-8-16(11-12-24)14-23-19(21-5-2)22-13-15(3)25-18-10-7-6-9-17(18)20;/h6-7,9-10,15-16,24H,4-5,8,11-14H2,1-3H3,(H2,21,22,23);1H. The molecule has 150 valence electrons. The molecule has 0 aliphatic rings. The van der Waals surface area contributed by atoms with Gasteiger partial charge in [0.15, 0.2) is 17.5 Å². The zero-order chi connectivity index (χ0) is 18.5. The van der Waals surface area contributed by atoms with E-state index in [0.717, 1.165) is 25.8 Å². The summed E-state index contributed by atoms with van der Waals surface area (Å²) in [5, 5.41) is 15.6. The summed E-state index contributed by atoms with van der Waals surface area (Å²) in [6.45, 7) is 8.16. The van der Waals surface area contributed by atoms with Crippen LogP contribution in [0.25, 0.3) is 0 Å². The molecular formula is C19H33FIN3O2. The number of hydrogen-bond acceptors (Lipinski definition) is 3. The van der Waals surface area contributed by atoms with Gasteiger partial charge in [0.05, 0.1) is 6.54 Å². The minimum absolute atomic E-state index is 0. The van der Waals surface area contributed by atoms with Crippen molar-refractivity contribution in [3.63, 3.8) is 0 Å². The Balaban J connectivity index is 0.00000625. The molecule has 0 amide bonds. The highest BCUT2D eigenvalue weighted by atomic mass is 127. The van der Waals surface area contributed by atoms with E-state index in [1.165, 1.54) is 6.07 Å². The number of nitrogens with zero attached hydrogens (tertiary/aromatic N) is 1. The number of hydrogen-bond donors (Lipinski definition) is 3. The first-order chi connectivity index (χ1) is 12.1. The molecule has 0 saturated carbocycles. The minimum Gasteiger partial charge on any atom is -0.486 e. The number of nitrogens with one attached hydrogen (secondary N) is 2. The van der Waals surface area contributed by atoms with Crippen LogP contribution < -0.4 is 15.4 Å². The number of benzene rings is 1. The maximum atomic E-state index is 13.6. The van der Waals surface area contributed by atoms with Crippen molar-refractivity contribution >= 4 is 29.9 Å². The third kappa shape index (κ3) is 10.2. The lowest BCUT2D eigenvalue weighted by Gasteiger charge is -2.19. The van der Waals surface area contributed by atoms with E-state index in [1.807, 2.05) is 13.8 Å². The number of halogens is 2. The summed E-state index contributed by atoms with van der Waals surface area (Å²) < 4.78 is 19.2. The van der Waals surface area contributed by atoms with Gasteiger partial charge in [-0.2, -0.15) is 0 Å². The molecule has 0 fully saturated rings. The largest absolute Gasteiger partial charge is 0.486 e. The molecule has 0 aliphatic carbocycles. The van der Waals surface area contributed by atoms with Crippen molar-refractivity contribution in [3.8, 4) is 5.75 Å². The van der Waals surface area contributed by atoms with Gasteiger partial charge in [0, 0.05) is 19.7 Å². The first-order valence-corrected chi connectivity index (χ1v) is 9.14. The van der Waals surface area contributed by atoms with Crippen molar-refractivity contribution in [2.45, 2.75) is 46.1 Å². The van der Waals surface area contributed by atoms with Gasteiger partial charge in [-0.1, -0.05) is 25.5 Å². The van der Waals surface area contributed by atoms with Crippen molar-refractivity contribution in [2.24, 2.45) is 10.9 Å². The Kier molecular flexibility index (Phi) is 14.4. The zero-order valence-electron chi connectivity index (χ0n) is 16.0. The van der Waals surface area contributed by atoms with Gasteiger partial charge >= 0.3 is 0 Å². The van der Waals surface area contributed by atoms with E-state index in [4.69, 9.17) is 9.84 Å². The summed E-state index contributed by atoms with van der Waals surface area (Å²) in [7, 11) is 0. The highest BCUT2D eigenvalue weighted by molar-refractivity contribution is 14.0. The molecular weight excluding hydrogens is 448 g/mol. The summed E-state index contributed by atoms with van der Waals surface area (Å²) >= 11 is 0. The summed E-state index contributed by atoms with van der Waals surface area (Å²) in [6.07, 6.45) is 2.70. The molecule has 0 bridgehead atoms. The fourth-order valence-electron chi connectivity index (χ4n) is 2.52. The molecule has 1 rings (SSSR count). The van der Waals surface area contributed by atoms with E-state index in [9.17, 15) is 4.39 Å². The quantitative estimate of drug-likeness (QED) is 0.257. The highest BCUT2D eigenvalue weighted by Gasteiger charge is 2.10. The number of rotatable bonds is 11. The van der Waals surface area contributed by atoms with Crippen LogP contribution >= 0.6 is 24.0 Å². The van der Waals surface area contributed by atoms with Crippen LogP contribution in [0.5, 0.6) is 5.75 Å². The van der Waals surface area contributed by atoms with E-state index < -0.39 is 0 Å². The molecule has 0 aliphatic heterocycles. The summed E-state index contributed by atoms with van der Waals surface area (Å²) in [5.74, 6) is 0.995. The molecule has 0 heterocycles. The molecule has 2 unspecified atom stereocenters. The molecule has 7 heteroatoms. The lowest BCUT2D eigenvalue weighted by atomic mass is 10.0. The van der Waals surface area contributed by atoms with Gasteiger partial charge in [-0.15, -0.1) is 24.0 Å². The lowest BCUT2D eigenvalue weighted by molar-refractivity contribution is 0.214. The van der Waals surface area contributed by atoms with E-state index in [0.29, 0.717) is 25.0 Å². The van der Waals surface area contributed by atoms with Gasteiger partial charge < -0.3 is 20.5 Å². The third-order valence-electron chi connectivity index (χ3n) is 3.81. The number of para-hydroxylation sites is 1. The molecule has 2 atom stereocenters. The third-order valence-corrected chi connectivity index (χ3v) is 3.81. The number of aliphatic hydroxyl groups is 1. The predicted octanol–water partition coefficient (Wildman–Crippen LogP) is 3.56. The molecule has 1 aromatic carbocycles. The molecule has 0 radical (unpaired) electrons. The van der Waals surface area contributed by atoms with Crippen LogP contribution in [0.1, 0.15) is 40.0 Å². The van der Waals surface area contributed by atoms with Crippen LogP contribution in [0.2, 0.25) is 0 Å². The number of ether oxygens (including phenoxy) is 1. The maximum absolute atomic E-state index is 13.6. The van der Waals surface area contributed by atoms with Crippen molar-refractivity contribution < 1.29 is 14.2 Å². The molecule has 1 aromatic rings. The molecule has 3 N–H and O–H groups in total. The Bertz CT molecular complexity index is 511. The molecule has 0 saturated heterocycles. The second kappa shape index (κ2) is 15.0. The molecule has 5 nitrogen and oxygen atoms in total. The van der Waals surface area contributed by atoms with Crippen LogP contribution in [0, 0.1) is 11.7 Å². The fraction of sp³-hybridized carbons (Fsp3) is 0.632. The minimum atomic E-state index is -0.360. The highest BCUT2D eigenvalue weighted by Crippen LogP contribution is 2.16. The normalized spacial score (nSPS) is 13.5. The molecule has 0 aromatic heterocycles. The van der Waals surface area contributed by atoms with Gasteiger partial charge in [0.2, 0.25) is 0 Å². The predicted molar refractivity (Wildman–Crippen MR) is 116 cm³/mol. The second-order valence-electron chi connectivity index (χ2n) is 6.13. The van der Waals surface area contributed by atoms with E-state index >= 15 is 0 Å². The average molecular weight is 481 g/mol. The smallest absolute Gasteiger partial charge is 0.191 e. The Morgan fingerprint density at radius 3 is 2.58 bits per heavy atom. The van der Waals surface area contributed by atoms with Gasteiger partial charge in [-0.25, -0.2) is 4.39 Å². The molecule has 0 spiro atoms. The van der Waals surface area contributed by atoms with Crippen LogP contribution in [-0.4, -0.2) is 43.4 Å². The Morgan fingerprint density at radius 1 is 1.23 bits per heavy atom. The summed E-state index contributed by atoms with van der Waals surface area (Å²) in [6, 6.07) is 6.39. The van der Waals surface area contributed by atoms with Crippen LogP contribution in [0.15, 0.2) is 29.3 Å². The fourth-order valence-corrected chi connectivity index (χ4v) is 2.52. The summed E-state index contributed by atoms with van der Waals surface area (Å²) in [5.41, 5.74) is 0. The van der Waals surface area contributed by atoms with Crippen molar-refractivity contribution in [2.75, 3.05) is 26.2 Å². The van der Waals surface area contributed by atoms with Gasteiger partial charge in [0.1, 0.15) is 6.10 Å². The Hall–Kier alpha value is -1.09. The second-order valence-corrected chi connectivity index (χ2v) is 6.13. The number of aliphatic imine (C=N–C) groups is 1. The lowest BCUT2D eigenvalue weighted by Crippen LogP contribution is -2.42. The SMILES string of the molecule is CCCC(CCO)CN=C(NCC)NCC(C)Oc1ccccc1F.I. The number of guanidine groups is 1. The first-order valence-electron chi connectivity index (χ1n) is 9.14.